The minimum Gasteiger partial charge on any atom is -0.368 e. The molecule has 0 unspecified atom stereocenters. The van der Waals surface area contributed by atoms with Gasteiger partial charge in [0.1, 0.15) is 5.69 Å². The largest absolute Gasteiger partial charge is 0.368 e. The van der Waals surface area contributed by atoms with Crippen LogP contribution in [-0.2, 0) is 0 Å². The number of nitrogens with zero attached hydrogens (tertiary/aromatic N) is 2. The Kier molecular flexibility index (Phi) is 3.92. The van der Waals surface area contributed by atoms with Gasteiger partial charge in [-0.3, -0.25) is 4.98 Å². The number of aromatic nitrogens is 2. The molecule has 94 valence electrons. The predicted molar refractivity (Wildman–Crippen MR) is 75.7 cm³/mol. The molecule has 0 fully saturated rings. The fourth-order valence-electron chi connectivity index (χ4n) is 1.92. The second-order valence-corrected chi connectivity index (χ2v) is 4.43. The molecule has 18 heavy (non-hydrogen) atoms. The summed E-state index contributed by atoms with van der Waals surface area (Å²) >= 11 is 0. The van der Waals surface area contributed by atoms with Crippen molar-refractivity contribution in [2.24, 2.45) is 0 Å². The maximum Gasteiger partial charge on any atom is 0.152 e. The zero-order valence-electron chi connectivity index (χ0n) is 11.2. The second-order valence-electron chi connectivity index (χ2n) is 4.43. The molecule has 0 atom stereocenters. The molecule has 2 rings (SSSR count). The molecule has 0 saturated heterocycles. The van der Waals surface area contributed by atoms with Gasteiger partial charge in [-0.15, -0.1) is 0 Å². The first-order valence-electron chi connectivity index (χ1n) is 6.35. The zero-order valence-corrected chi connectivity index (χ0v) is 11.2. The third-order valence-corrected chi connectivity index (χ3v) is 3.10. The molecule has 0 spiro atoms. The fourth-order valence-corrected chi connectivity index (χ4v) is 1.92. The highest BCUT2D eigenvalue weighted by Crippen LogP contribution is 2.28. The van der Waals surface area contributed by atoms with E-state index in [0.29, 0.717) is 0 Å². The molecule has 3 heteroatoms. The minimum absolute atomic E-state index is 0.869. The standard InChI is InChI=1S/C15H19N3/c1-4-8-17-15-14(16-9-10-18-15)13-7-5-6-11(2)12(13)3/h5-7,9-10H,4,8H2,1-3H3,(H,17,18). The van der Waals surface area contributed by atoms with Gasteiger partial charge < -0.3 is 5.32 Å². The van der Waals surface area contributed by atoms with Crippen LogP contribution in [-0.4, -0.2) is 16.5 Å². The maximum atomic E-state index is 4.48. The predicted octanol–water partition coefficient (Wildman–Crippen LogP) is 3.58. The molecular weight excluding hydrogens is 222 g/mol. The molecule has 0 aliphatic heterocycles. The van der Waals surface area contributed by atoms with Crippen LogP contribution < -0.4 is 5.32 Å². The summed E-state index contributed by atoms with van der Waals surface area (Å²) in [7, 11) is 0. The van der Waals surface area contributed by atoms with E-state index in [1.54, 1.807) is 12.4 Å². The molecule has 1 aromatic heterocycles. The Balaban J connectivity index is 2.46. The first kappa shape index (κ1) is 12.6. The lowest BCUT2D eigenvalue weighted by atomic mass is 10.0. The van der Waals surface area contributed by atoms with Gasteiger partial charge in [0.05, 0.1) is 0 Å². The van der Waals surface area contributed by atoms with E-state index in [1.165, 1.54) is 11.1 Å². The van der Waals surface area contributed by atoms with Crippen LogP contribution in [0.3, 0.4) is 0 Å². The number of hydrogen-bond donors (Lipinski definition) is 1. The topological polar surface area (TPSA) is 37.8 Å². The highest BCUT2D eigenvalue weighted by atomic mass is 15.0. The number of hydrogen-bond acceptors (Lipinski definition) is 3. The van der Waals surface area contributed by atoms with Crippen LogP contribution in [0, 0.1) is 13.8 Å². The van der Waals surface area contributed by atoms with Gasteiger partial charge >= 0.3 is 0 Å². The van der Waals surface area contributed by atoms with E-state index < -0.39 is 0 Å². The Hall–Kier alpha value is -1.90. The summed E-state index contributed by atoms with van der Waals surface area (Å²) in [5.74, 6) is 0.869. The molecule has 0 aliphatic carbocycles. The monoisotopic (exact) mass is 241 g/mol. The van der Waals surface area contributed by atoms with Gasteiger partial charge in [-0.25, -0.2) is 4.98 Å². The molecule has 0 aliphatic rings. The SMILES string of the molecule is CCCNc1nccnc1-c1cccc(C)c1C. The molecule has 0 radical (unpaired) electrons. The summed E-state index contributed by atoms with van der Waals surface area (Å²) in [6.07, 6.45) is 4.55. The smallest absolute Gasteiger partial charge is 0.152 e. The summed E-state index contributed by atoms with van der Waals surface area (Å²) in [6.45, 7) is 7.30. The van der Waals surface area contributed by atoms with Gasteiger partial charge in [0.25, 0.3) is 0 Å². The van der Waals surface area contributed by atoms with Crippen LogP contribution in [0.25, 0.3) is 11.3 Å². The van der Waals surface area contributed by atoms with Gasteiger partial charge in [-0.2, -0.15) is 0 Å². The van der Waals surface area contributed by atoms with Gasteiger partial charge in [0.15, 0.2) is 5.82 Å². The Morgan fingerprint density at radius 1 is 1.11 bits per heavy atom. The van der Waals surface area contributed by atoms with Gasteiger partial charge in [-0.1, -0.05) is 25.1 Å². The van der Waals surface area contributed by atoms with E-state index in [-0.39, 0.29) is 0 Å². The molecule has 1 aromatic carbocycles. The Morgan fingerprint density at radius 2 is 1.89 bits per heavy atom. The van der Waals surface area contributed by atoms with Crippen molar-refractivity contribution in [3.8, 4) is 11.3 Å². The Morgan fingerprint density at radius 3 is 2.67 bits per heavy atom. The van der Waals surface area contributed by atoms with E-state index >= 15 is 0 Å². The molecule has 1 N–H and O–H groups in total. The average Bonchev–Trinajstić information content (AvgIpc) is 2.40. The first-order valence-corrected chi connectivity index (χ1v) is 6.35. The van der Waals surface area contributed by atoms with Crippen LogP contribution in [0.2, 0.25) is 0 Å². The van der Waals surface area contributed by atoms with E-state index in [2.05, 4.69) is 54.3 Å². The normalized spacial score (nSPS) is 10.4. The second kappa shape index (κ2) is 5.63. The maximum absolute atomic E-state index is 4.48. The fraction of sp³-hybridized carbons (Fsp3) is 0.333. The van der Waals surface area contributed by atoms with Gasteiger partial charge in [0.2, 0.25) is 0 Å². The highest BCUT2D eigenvalue weighted by molar-refractivity contribution is 5.74. The van der Waals surface area contributed by atoms with Gasteiger partial charge in [0, 0.05) is 24.5 Å². The molecular formula is C15H19N3. The lowest BCUT2D eigenvalue weighted by Crippen LogP contribution is -2.05. The van der Waals surface area contributed by atoms with Crippen molar-refractivity contribution in [3.63, 3.8) is 0 Å². The van der Waals surface area contributed by atoms with E-state index in [1.807, 2.05) is 0 Å². The minimum atomic E-state index is 0.869. The summed E-state index contributed by atoms with van der Waals surface area (Å²) in [5.41, 5.74) is 4.63. The summed E-state index contributed by atoms with van der Waals surface area (Å²) in [6, 6.07) is 6.29. The van der Waals surface area contributed by atoms with Crippen molar-refractivity contribution in [2.45, 2.75) is 27.2 Å². The number of benzene rings is 1. The van der Waals surface area contributed by atoms with E-state index in [9.17, 15) is 0 Å². The van der Waals surface area contributed by atoms with Crippen LogP contribution in [0.5, 0.6) is 0 Å². The lowest BCUT2D eigenvalue weighted by molar-refractivity contribution is 0.965. The van der Waals surface area contributed by atoms with Crippen molar-refractivity contribution in [1.29, 1.82) is 0 Å². The molecule has 0 saturated carbocycles. The number of anilines is 1. The average molecular weight is 241 g/mol. The Bertz CT molecular complexity index is 535. The molecule has 0 amide bonds. The summed E-state index contributed by atoms with van der Waals surface area (Å²) in [5, 5.41) is 3.33. The molecule has 2 aromatic rings. The number of rotatable bonds is 4. The van der Waals surface area contributed by atoms with Crippen molar-refractivity contribution in [3.05, 3.63) is 41.7 Å². The molecule has 1 heterocycles. The van der Waals surface area contributed by atoms with Crippen LogP contribution in [0.1, 0.15) is 24.5 Å². The van der Waals surface area contributed by atoms with Crippen LogP contribution in [0.15, 0.2) is 30.6 Å². The lowest BCUT2D eigenvalue weighted by Gasteiger charge is -2.12. The third-order valence-electron chi connectivity index (χ3n) is 3.10. The first-order chi connectivity index (χ1) is 8.74. The van der Waals surface area contributed by atoms with Gasteiger partial charge in [-0.05, 0) is 31.4 Å². The van der Waals surface area contributed by atoms with Crippen molar-refractivity contribution < 1.29 is 0 Å². The zero-order chi connectivity index (χ0) is 13.0. The Labute approximate surface area is 108 Å². The van der Waals surface area contributed by atoms with E-state index in [0.717, 1.165) is 30.0 Å². The van der Waals surface area contributed by atoms with Crippen LogP contribution >= 0.6 is 0 Å². The highest BCUT2D eigenvalue weighted by Gasteiger charge is 2.10. The summed E-state index contributed by atoms with van der Waals surface area (Å²) in [4.78, 5) is 8.87. The summed E-state index contributed by atoms with van der Waals surface area (Å²) < 4.78 is 0. The van der Waals surface area contributed by atoms with Crippen molar-refractivity contribution in [1.82, 2.24) is 9.97 Å². The quantitative estimate of drug-likeness (QED) is 0.889. The number of aryl methyl sites for hydroxylation is 1. The third kappa shape index (κ3) is 2.50. The van der Waals surface area contributed by atoms with Crippen LogP contribution in [0.4, 0.5) is 5.82 Å². The molecule has 0 bridgehead atoms. The number of nitrogens with one attached hydrogen (secondary N) is 1. The molecule has 3 nitrogen and oxygen atoms in total. The van der Waals surface area contributed by atoms with E-state index in [4.69, 9.17) is 0 Å². The van der Waals surface area contributed by atoms with Crippen molar-refractivity contribution in [2.75, 3.05) is 11.9 Å². The van der Waals surface area contributed by atoms with Crippen molar-refractivity contribution >= 4 is 5.82 Å².